The number of anilines is 1. The Morgan fingerprint density at radius 3 is 2.21 bits per heavy atom. The third-order valence-electron chi connectivity index (χ3n) is 5.07. The molecule has 4 rings (SSSR count). The number of carbonyl (C=O) groups excluding carboxylic acids is 4. The molecule has 1 aliphatic heterocycles. The van der Waals surface area contributed by atoms with Crippen molar-refractivity contribution in [2.45, 2.75) is 12.5 Å². The zero-order valence-electron chi connectivity index (χ0n) is 17.1. The Morgan fingerprint density at radius 2 is 1.55 bits per heavy atom. The van der Waals surface area contributed by atoms with E-state index in [0.717, 1.165) is 9.91 Å². The minimum atomic E-state index is -1.24. The summed E-state index contributed by atoms with van der Waals surface area (Å²) in [5, 5.41) is 1.68. The number of rotatable bonds is 4. The van der Waals surface area contributed by atoms with Crippen molar-refractivity contribution in [1.82, 2.24) is 10.4 Å². The van der Waals surface area contributed by atoms with Gasteiger partial charge in [0.25, 0.3) is 17.7 Å². The maximum absolute atomic E-state index is 13.3. The van der Waals surface area contributed by atoms with Gasteiger partial charge in [-0.15, -0.1) is 0 Å². The van der Waals surface area contributed by atoms with E-state index >= 15 is 0 Å². The third-order valence-corrected chi connectivity index (χ3v) is 5.56. The van der Waals surface area contributed by atoms with E-state index in [4.69, 9.17) is 23.2 Å². The molecular formula is C24H17Cl2N3O4. The van der Waals surface area contributed by atoms with Crippen molar-refractivity contribution >= 4 is 52.5 Å². The van der Waals surface area contributed by atoms with Crippen LogP contribution in [-0.2, 0) is 9.59 Å². The van der Waals surface area contributed by atoms with Crippen molar-refractivity contribution in [3.63, 3.8) is 0 Å². The van der Waals surface area contributed by atoms with Gasteiger partial charge in [-0.2, -0.15) is 0 Å². The lowest BCUT2D eigenvalue weighted by Gasteiger charge is -2.28. The molecular weight excluding hydrogens is 465 g/mol. The van der Waals surface area contributed by atoms with Gasteiger partial charge in [0.1, 0.15) is 6.04 Å². The van der Waals surface area contributed by atoms with Crippen LogP contribution in [0, 0.1) is 0 Å². The Kier molecular flexibility index (Phi) is 6.44. The van der Waals surface area contributed by atoms with Crippen LogP contribution in [0.5, 0.6) is 0 Å². The van der Waals surface area contributed by atoms with Crippen LogP contribution >= 0.6 is 23.2 Å². The van der Waals surface area contributed by atoms with Crippen LogP contribution in [0.3, 0.4) is 0 Å². The molecule has 0 bridgehead atoms. The summed E-state index contributed by atoms with van der Waals surface area (Å²) < 4.78 is 0. The lowest BCUT2D eigenvalue weighted by atomic mass is 10.1. The summed E-state index contributed by atoms with van der Waals surface area (Å²) in [6.45, 7) is 0. The molecule has 1 heterocycles. The predicted octanol–water partition coefficient (Wildman–Crippen LogP) is 4.11. The molecule has 3 aromatic carbocycles. The molecule has 0 saturated carbocycles. The van der Waals surface area contributed by atoms with Crippen LogP contribution in [0.4, 0.5) is 5.69 Å². The van der Waals surface area contributed by atoms with Crippen LogP contribution in [0.1, 0.15) is 27.1 Å². The highest BCUT2D eigenvalue weighted by Gasteiger charge is 2.45. The summed E-state index contributed by atoms with van der Waals surface area (Å²) in [6.07, 6.45) is -0.306. The van der Waals surface area contributed by atoms with Gasteiger partial charge < -0.3 is 0 Å². The molecule has 0 spiro atoms. The summed E-state index contributed by atoms with van der Waals surface area (Å²) in [5.41, 5.74) is 3.27. The Bertz CT molecular complexity index is 1230. The first kappa shape index (κ1) is 22.5. The van der Waals surface area contributed by atoms with Gasteiger partial charge in [0.15, 0.2) is 0 Å². The molecule has 4 amide bonds. The van der Waals surface area contributed by atoms with Crippen LogP contribution in [0.15, 0.2) is 78.9 Å². The molecule has 166 valence electrons. The zero-order valence-corrected chi connectivity index (χ0v) is 18.6. The number of hydrazine groups is 1. The van der Waals surface area contributed by atoms with E-state index < -0.39 is 29.7 Å². The molecule has 0 aliphatic carbocycles. The van der Waals surface area contributed by atoms with Crippen molar-refractivity contribution in [2.75, 3.05) is 4.90 Å². The first-order valence-corrected chi connectivity index (χ1v) is 10.7. The number of hydrogen-bond donors (Lipinski definition) is 1. The number of hydrogen-bond acceptors (Lipinski definition) is 4. The second kappa shape index (κ2) is 9.44. The quantitative estimate of drug-likeness (QED) is 0.448. The van der Waals surface area contributed by atoms with E-state index in [0.29, 0.717) is 10.0 Å². The smallest absolute Gasteiger partial charge is 0.273 e. The van der Waals surface area contributed by atoms with Gasteiger partial charge in [0.05, 0.1) is 12.1 Å². The summed E-state index contributed by atoms with van der Waals surface area (Å²) in [6, 6.07) is 19.2. The first-order valence-electron chi connectivity index (χ1n) is 9.92. The number of benzene rings is 3. The summed E-state index contributed by atoms with van der Waals surface area (Å²) in [5.74, 6) is -2.43. The highest BCUT2D eigenvalue weighted by atomic mass is 35.5. The number of nitrogens with zero attached hydrogens (tertiary/aromatic N) is 2. The Morgan fingerprint density at radius 1 is 0.848 bits per heavy atom. The van der Waals surface area contributed by atoms with E-state index in [2.05, 4.69) is 5.43 Å². The maximum atomic E-state index is 13.3. The summed E-state index contributed by atoms with van der Waals surface area (Å²) in [7, 11) is 0. The fraction of sp³-hybridized carbons (Fsp3) is 0.0833. The van der Waals surface area contributed by atoms with Gasteiger partial charge in [-0.05, 0) is 54.6 Å². The summed E-state index contributed by atoms with van der Waals surface area (Å²) in [4.78, 5) is 53.2. The van der Waals surface area contributed by atoms with E-state index in [9.17, 15) is 19.2 Å². The average Bonchev–Trinajstić information content (AvgIpc) is 3.11. The molecule has 7 nitrogen and oxygen atoms in total. The number of carbonyl (C=O) groups is 4. The van der Waals surface area contributed by atoms with Crippen molar-refractivity contribution in [3.05, 3.63) is 100 Å². The molecule has 1 atom stereocenters. The van der Waals surface area contributed by atoms with Gasteiger partial charge in [-0.1, -0.05) is 47.5 Å². The van der Waals surface area contributed by atoms with Crippen LogP contribution in [-0.4, -0.2) is 34.7 Å². The Balaban J connectivity index is 1.68. The molecule has 33 heavy (non-hydrogen) atoms. The molecule has 9 heteroatoms. The topological polar surface area (TPSA) is 86.8 Å². The third kappa shape index (κ3) is 4.74. The fourth-order valence-electron chi connectivity index (χ4n) is 3.47. The second-order valence-corrected chi connectivity index (χ2v) is 8.13. The molecule has 0 aromatic heterocycles. The molecule has 1 N–H and O–H groups in total. The van der Waals surface area contributed by atoms with Crippen LogP contribution < -0.4 is 10.3 Å². The molecule has 1 fully saturated rings. The van der Waals surface area contributed by atoms with Crippen molar-refractivity contribution in [1.29, 1.82) is 0 Å². The average molecular weight is 482 g/mol. The monoisotopic (exact) mass is 481 g/mol. The largest absolute Gasteiger partial charge is 0.274 e. The molecule has 0 radical (unpaired) electrons. The Labute approximate surface area is 199 Å². The standard InChI is InChI=1S/C24H17Cl2N3O4/c25-17-11-9-16(10-12-17)23(32)29(27-22(31)15-5-2-1-3-6-15)20-14-21(30)28(24(20)33)19-8-4-7-18(26)13-19/h1-13,20H,14H2,(H,27,31). The van der Waals surface area contributed by atoms with E-state index in [1.54, 1.807) is 48.5 Å². The van der Waals surface area contributed by atoms with Crippen LogP contribution in [0.25, 0.3) is 0 Å². The molecule has 3 aromatic rings. The zero-order chi connectivity index (χ0) is 23.5. The normalized spacial score (nSPS) is 15.5. The Hall–Kier alpha value is -3.68. The van der Waals surface area contributed by atoms with Gasteiger partial charge >= 0.3 is 0 Å². The molecule has 1 saturated heterocycles. The van der Waals surface area contributed by atoms with Crippen molar-refractivity contribution in [3.8, 4) is 0 Å². The second-order valence-electron chi connectivity index (χ2n) is 7.26. The minimum absolute atomic E-state index is 0.189. The maximum Gasteiger partial charge on any atom is 0.273 e. The van der Waals surface area contributed by atoms with Gasteiger partial charge in [0, 0.05) is 21.2 Å². The van der Waals surface area contributed by atoms with E-state index in [1.165, 1.54) is 30.3 Å². The number of nitrogens with one attached hydrogen (secondary N) is 1. The highest BCUT2D eigenvalue weighted by Crippen LogP contribution is 2.28. The first-order chi connectivity index (χ1) is 15.8. The summed E-state index contributed by atoms with van der Waals surface area (Å²) >= 11 is 11.9. The molecule has 1 unspecified atom stereocenters. The molecule has 1 aliphatic rings. The number of amides is 4. The SMILES string of the molecule is O=C(NN(C(=O)c1ccc(Cl)cc1)C1CC(=O)N(c2cccc(Cl)c2)C1=O)c1ccccc1. The van der Waals surface area contributed by atoms with Crippen molar-refractivity contribution in [2.24, 2.45) is 0 Å². The van der Waals surface area contributed by atoms with E-state index in [-0.39, 0.29) is 23.2 Å². The number of halogens is 2. The van der Waals surface area contributed by atoms with Gasteiger partial charge in [-0.3, -0.25) is 24.6 Å². The van der Waals surface area contributed by atoms with Gasteiger partial charge in [0.2, 0.25) is 5.91 Å². The minimum Gasteiger partial charge on any atom is -0.274 e. The number of imide groups is 1. The van der Waals surface area contributed by atoms with Crippen LogP contribution in [0.2, 0.25) is 10.0 Å². The lowest BCUT2D eigenvalue weighted by Crippen LogP contribution is -2.54. The highest BCUT2D eigenvalue weighted by molar-refractivity contribution is 6.31. The van der Waals surface area contributed by atoms with Gasteiger partial charge in [-0.25, -0.2) is 9.91 Å². The van der Waals surface area contributed by atoms with E-state index in [1.807, 2.05) is 0 Å². The fourth-order valence-corrected chi connectivity index (χ4v) is 3.78. The lowest BCUT2D eigenvalue weighted by molar-refractivity contribution is -0.122. The van der Waals surface area contributed by atoms with Crippen molar-refractivity contribution < 1.29 is 19.2 Å². The predicted molar refractivity (Wildman–Crippen MR) is 124 cm³/mol.